The number of benzene rings is 1. The molecule has 0 saturated heterocycles. The zero-order valence-corrected chi connectivity index (χ0v) is 16.8. The molecular weight excluding hydrogens is 417 g/mol. The summed E-state index contributed by atoms with van der Waals surface area (Å²) in [4.78, 5) is 4.59. The molecule has 132 valence electrons. The first-order chi connectivity index (χ1) is 11.2. The van der Waals surface area contributed by atoms with Gasteiger partial charge in [-0.1, -0.05) is 18.2 Å². The van der Waals surface area contributed by atoms with Crippen molar-refractivity contribution >= 4 is 29.9 Å². The predicted octanol–water partition coefficient (Wildman–Crippen LogP) is 2.69. The Hall–Kier alpha value is -1.77. The Bertz CT molecular complexity index is 641. The van der Waals surface area contributed by atoms with Gasteiger partial charge in [0, 0.05) is 37.5 Å². The highest BCUT2D eigenvalue weighted by Crippen LogP contribution is 2.17. The largest absolute Gasteiger partial charge is 0.494 e. The molecule has 0 spiro atoms. The van der Waals surface area contributed by atoms with E-state index in [2.05, 4.69) is 33.7 Å². The van der Waals surface area contributed by atoms with Crippen LogP contribution < -0.4 is 15.4 Å². The zero-order valence-electron chi connectivity index (χ0n) is 14.5. The molecule has 2 rings (SSSR count). The summed E-state index contributed by atoms with van der Waals surface area (Å²) in [5, 5.41) is 10.8. The fourth-order valence-electron chi connectivity index (χ4n) is 2.19. The zero-order chi connectivity index (χ0) is 16.5. The topological polar surface area (TPSA) is 63.5 Å². The van der Waals surface area contributed by atoms with Crippen LogP contribution in [-0.2, 0) is 20.1 Å². The predicted molar refractivity (Wildman–Crippen MR) is 108 cm³/mol. The number of aromatic nitrogens is 2. The van der Waals surface area contributed by atoms with Crippen molar-refractivity contribution in [3.05, 3.63) is 47.8 Å². The summed E-state index contributed by atoms with van der Waals surface area (Å²) in [6.45, 7) is 6.77. The fraction of sp³-hybridized carbons (Fsp3) is 0.412. The van der Waals surface area contributed by atoms with Gasteiger partial charge in [-0.25, -0.2) is 4.99 Å². The third kappa shape index (κ3) is 6.38. The van der Waals surface area contributed by atoms with Crippen LogP contribution in [-0.4, -0.2) is 28.9 Å². The van der Waals surface area contributed by atoms with E-state index in [4.69, 9.17) is 4.74 Å². The van der Waals surface area contributed by atoms with E-state index in [9.17, 15) is 0 Å². The molecule has 0 amide bonds. The second-order valence-electron chi connectivity index (χ2n) is 5.11. The van der Waals surface area contributed by atoms with Gasteiger partial charge in [0.05, 0.1) is 19.3 Å². The Kier molecular flexibility index (Phi) is 9.21. The molecule has 6 nitrogen and oxygen atoms in total. The van der Waals surface area contributed by atoms with E-state index in [0.717, 1.165) is 29.4 Å². The minimum atomic E-state index is 0. The van der Waals surface area contributed by atoms with Crippen LogP contribution in [0.2, 0.25) is 0 Å². The highest BCUT2D eigenvalue weighted by Gasteiger charge is 2.04. The Balaban J connectivity index is 0.00000288. The van der Waals surface area contributed by atoms with Crippen molar-refractivity contribution in [3.8, 4) is 5.75 Å². The van der Waals surface area contributed by atoms with E-state index in [0.29, 0.717) is 19.7 Å². The van der Waals surface area contributed by atoms with Crippen LogP contribution in [0.5, 0.6) is 5.75 Å². The molecule has 1 heterocycles. The van der Waals surface area contributed by atoms with Crippen LogP contribution in [0.3, 0.4) is 0 Å². The number of para-hydroxylation sites is 1. The fourth-order valence-corrected chi connectivity index (χ4v) is 2.19. The maximum atomic E-state index is 5.65. The molecule has 2 N–H and O–H groups in total. The number of hydrogen-bond donors (Lipinski definition) is 2. The standard InChI is InChI=1S/C17H25N5O.HI/c1-4-18-17(19-10-14-11-21-22(3)13-14)20-12-15-8-6-7-9-16(15)23-5-2;/h6-9,11,13H,4-5,10,12H2,1-3H3,(H2,18,19,20);1H. The monoisotopic (exact) mass is 443 g/mol. The first-order valence-electron chi connectivity index (χ1n) is 7.93. The molecule has 0 saturated carbocycles. The number of nitrogens with one attached hydrogen (secondary N) is 2. The molecule has 7 heteroatoms. The van der Waals surface area contributed by atoms with Crippen molar-refractivity contribution in [2.75, 3.05) is 13.2 Å². The van der Waals surface area contributed by atoms with Gasteiger partial charge in [0.25, 0.3) is 0 Å². The van der Waals surface area contributed by atoms with Crippen LogP contribution >= 0.6 is 24.0 Å². The van der Waals surface area contributed by atoms with Gasteiger partial charge in [-0.3, -0.25) is 4.68 Å². The van der Waals surface area contributed by atoms with Crippen molar-refractivity contribution in [1.82, 2.24) is 20.4 Å². The van der Waals surface area contributed by atoms with Gasteiger partial charge >= 0.3 is 0 Å². The van der Waals surface area contributed by atoms with E-state index in [1.807, 2.05) is 44.6 Å². The van der Waals surface area contributed by atoms with Crippen LogP contribution in [0.4, 0.5) is 0 Å². The molecule has 2 aromatic rings. The van der Waals surface area contributed by atoms with E-state index in [1.165, 1.54) is 0 Å². The van der Waals surface area contributed by atoms with E-state index in [-0.39, 0.29) is 24.0 Å². The summed E-state index contributed by atoms with van der Waals surface area (Å²) < 4.78 is 7.43. The lowest BCUT2D eigenvalue weighted by Crippen LogP contribution is -2.36. The Morgan fingerprint density at radius 3 is 2.71 bits per heavy atom. The molecule has 1 aromatic heterocycles. The SMILES string of the molecule is CCNC(=NCc1cnn(C)c1)NCc1ccccc1OCC.I. The maximum Gasteiger partial charge on any atom is 0.191 e. The lowest BCUT2D eigenvalue weighted by Gasteiger charge is -2.14. The Labute approximate surface area is 160 Å². The second-order valence-corrected chi connectivity index (χ2v) is 5.11. The first-order valence-corrected chi connectivity index (χ1v) is 7.93. The van der Waals surface area contributed by atoms with Gasteiger partial charge in [0.2, 0.25) is 0 Å². The number of halogens is 1. The van der Waals surface area contributed by atoms with Gasteiger partial charge in [0.1, 0.15) is 5.75 Å². The van der Waals surface area contributed by atoms with E-state index in [1.54, 1.807) is 4.68 Å². The minimum absolute atomic E-state index is 0. The van der Waals surface area contributed by atoms with Gasteiger partial charge in [-0.2, -0.15) is 5.10 Å². The van der Waals surface area contributed by atoms with Crippen LogP contribution in [0.15, 0.2) is 41.7 Å². The van der Waals surface area contributed by atoms with Gasteiger partial charge in [0.15, 0.2) is 5.96 Å². The number of aryl methyl sites for hydroxylation is 1. The molecular formula is C17H26IN5O. The third-order valence-electron chi connectivity index (χ3n) is 3.24. The summed E-state index contributed by atoms with van der Waals surface area (Å²) in [7, 11) is 1.90. The van der Waals surface area contributed by atoms with Crippen LogP contribution in [0.25, 0.3) is 0 Å². The second kappa shape index (κ2) is 10.9. The van der Waals surface area contributed by atoms with Crippen LogP contribution in [0.1, 0.15) is 25.0 Å². The number of guanidine groups is 1. The summed E-state index contributed by atoms with van der Waals surface area (Å²) in [6.07, 6.45) is 3.80. The molecule has 0 unspecified atom stereocenters. The first kappa shape index (κ1) is 20.3. The van der Waals surface area contributed by atoms with Gasteiger partial charge < -0.3 is 15.4 Å². The smallest absolute Gasteiger partial charge is 0.191 e. The number of ether oxygens (including phenoxy) is 1. The molecule has 0 aliphatic carbocycles. The van der Waals surface area contributed by atoms with Gasteiger partial charge in [-0.15, -0.1) is 24.0 Å². The number of hydrogen-bond acceptors (Lipinski definition) is 3. The van der Waals surface area contributed by atoms with E-state index >= 15 is 0 Å². The highest BCUT2D eigenvalue weighted by atomic mass is 127. The molecule has 1 aromatic carbocycles. The summed E-state index contributed by atoms with van der Waals surface area (Å²) in [5.41, 5.74) is 2.20. The van der Waals surface area contributed by atoms with E-state index < -0.39 is 0 Å². The summed E-state index contributed by atoms with van der Waals surface area (Å²) >= 11 is 0. The van der Waals surface area contributed by atoms with Crippen molar-refractivity contribution in [1.29, 1.82) is 0 Å². The Morgan fingerprint density at radius 2 is 2.04 bits per heavy atom. The van der Waals surface area contributed by atoms with Crippen molar-refractivity contribution in [3.63, 3.8) is 0 Å². The molecule has 0 aliphatic rings. The van der Waals surface area contributed by atoms with Crippen molar-refractivity contribution < 1.29 is 4.74 Å². The summed E-state index contributed by atoms with van der Waals surface area (Å²) in [6, 6.07) is 8.04. The molecule has 0 bridgehead atoms. The lowest BCUT2D eigenvalue weighted by atomic mass is 10.2. The summed E-state index contributed by atoms with van der Waals surface area (Å²) in [5.74, 6) is 1.69. The Morgan fingerprint density at radius 1 is 1.25 bits per heavy atom. The number of nitrogens with zero attached hydrogens (tertiary/aromatic N) is 3. The highest BCUT2D eigenvalue weighted by molar-refractivity contribution is 14.0. The third-order valence-corrected chi connectivity index (χ3v) is 3.24. The van der Waals surface area contributed by atoms with Crippen molar-refractivity contribution in [2.24, 2.45) is 12.0 Å². The molecule has 0 fully saturated rings. The molecule has 0 atom stereocenters. The normalized spacial score (nSPS) is 10.9. The molecule has 0 aliphatic heterocycles. The number of aliphatic imine (C=N–C) groups is 1. The molecule has 24 heavy (non-hydrogen) atoms. The minimum Gasteiger partial charge on any atom is -0.494 e. The lowest BCUT2D eigenvalue weighted by molar-refractivity contribution is 0.336. The quantitative estimate of drug-likeness (QED) is 0.393. The average Bonchev–Trinajstić information content (AvgIpc) is 2.97. The maximum absolute atomic E-state index is 5.65. The number of rotatable bonds is 7. The van der Waals surface area contributed by atoms with Gasteiger partial charge in [-0.05, 0) is 19.9 Å². The molecule has 0 radical (unpaired) electrons. The van der Waals surface area contributed by atoms with Crippen LogP contribution in [0, 0.1) is 0 Å². The average molecular weight is 443 g/mol. The van der Waals surface area contributed by atoms with Crippen molar-refractivity contribution in [2.45, 2.75) is 26.9 Å².